The molecule has 0 aliphatic heterocycles. The van der Waals surface area contributed by atoms with Crippen molar-refractivity contribution in [1.82, 2.24) is 0 Å². The van der Waals surface area contributed by atoms with E-state index in [1.807, 2.05) is 6.08 Å². The molecule has 29 heavy (non-hydrogen) atoms. The first-order valence-corrected chi connectivity index (χ1v) is 11.1. The van der Waals surface area contributed by atoms with E-state index in [1.165, 1.54) is 11.1 Å². The van der Waals surface area contributed by atoms with E-state index in [9.17, 15) is 9.59 Å². The zero-order chi connectivity index (χ0) is 20.4. The Morgan fingerprint density at radius 1 is 1.10 bits per heavy atom. The van der Waals surface area contributed by atoms with Gasteiger partial charge in [-0.25, -0.2) is 0 Å². The predicted molar refractivity (Wildman–Crippen MR) is 116 cm³/mol. The fraction of sp³-hybridized carbons (Fsp3) is 0.481. The summed E-state index contributed by atoms with van der Waals surface area (Å²) in [4.78, 5) is 25.4. The van der Waals surface area contributed by atoms with E-state index in [0.717, 1.165) is 43.2 Å². The molecule has 0 aromatic heterocycles. The Morgan fingerprint density at radius 2 is 1.93 bits per heavy atom. The third kappa shape index (κ3) is 2.75. The normalized spacial score (nSPS) is 39.8. The first kappa shape index (κ1) is 18.8. The Morgan fingerprint density at radius 3 is 2.72 bits per heavy atom. The quantitative estimate of drug-likeness (QED) is 0.566. The molecule has 0 saturated heterocycles. The van der Waals surface area contributed by atoms with Crippen molar-refractivity contribution < 1.29 is 9.59 Å². The number of hydrogen-bond donors (Lipinski definition) is 0. The van der Waals surface area contributed by atoms with Gasteiger partial charge in [-0.1, -0.05) is 55.3 Å². The van der Waals surface area contributed by atoms with Gasteiger partial charge in [0.05, 0.1) is 0 Å². The van der Waals surface area contributed by atoms with Gasteiger partial charge in [-0.3, -0.25) is 9.59 Å². The van der Waals surface area contributed by atoms with Crippen molar-refractivity contribution in [2.45, 2.75) is 52.9 Å². The third-order valence-electron chi connectivity index (χ3n) is 8.58. The Balaban J connectivity index is 1.49. The van der Waals surface area contributed by atoms with Crippen molar-refractivity contribution in [2.75, 3.05) is 0 Å². The van der Waals surface area contributed by atoms with Crippen LogP contribution in [0.2, 0.25) is 0 Å². The molecule has 0 amide bonds. The molecule has 1 aromatic rings. The highest BCUT2D eigenvalue weighted by Gasteiger charge is 2.59. The second-order valence-electron chi connectivity index (χ2n) is 10.2. The molecule has 0 heterocycles. The summed E-state index contributed by atoms with van der Waals surface area (Å²) >= 11 is 0. The molecule has 0 spiro atoms. The second-order valence-corrected chi connectivity index (χ2v) is 10.2. The van der Waals surface area contributed by atoms with Crippen LogP contribution in [0.5, 0.6) is 0 Å². The van der Waals surface area contributed by atoms with E-state index < -0.39 is 0 Å². The molecule has 1 aromatic carbocycles. The van der Waals surface area contributed by atoms with Crippen LogP contribution in [0.25, 0.3) is 6.08 Å². The third-order valence-corrected chi connectivity index (χ3v) is 8.58. The number of hydrogen-bond acceptors (Lipinski definition) is 2. The number of allylic oxidation sites excluding steroid dienone is 5. The minimum absolute atomic E-state index is 0.00971. The van der Waals surface area contributed by atoms with Crippen LogP contribution >= 0.6 is 0 Å². The van der Waals surface area contributed by atoms with Gasteiger partial charge in [0.25, 0.3) is 0 Å². The Kier molecular flexibility index (Phi) is 4.14. The summed E-state index contributed by atoms with van der Waals surface area (Å²) in [5, 5.41) is 0. The van der Waals surface area contributed by atoms with Gasteiger partial charge in [-0.2, -0.15) is 0 Å². The van der Waals surface area contributed by atoms with Crippen LogP contribution in [-0.4, -0.2) is 11.6 Å². The van der Waals surface area contributed by atoms with Crippen molar-refractivity contribution in [1.29, 1.82) is 0 Å². The fourth-order valence-corrected chi connectivity index (χ4v) is 6.96. The summed E-state index contributed by atoms with van der Waals surface area (Å²) in [6.07, 6.45) is 13.0. The van der Waals surface area contributed by atoms with Gasteiger partial charge in [0.1, 0.15) is 0 Å². The lowest BCUT2D eigenvalue weighted by molar-refractivity contribution is -0.129. The highest BCUT2D eigenvalue weighted by Crippen LogP contribution is 2.64. The smallest absolute Gasteiger partial charge is 0.178 e. The van der Waals surface area contributed by atoms with Gasteiger partial charge in [0.15, 0.2) is 11.6 Å². The number of benzene rings is 1. The van der Waals surface area contributed by atoms with Crippen molar-refractivity contribution in [3.05, 3.63) is 64.8 Å². The van der Waals surface area contributed by atoms with Crippen LogP contribution in [0.1, 0.15) is 57.1 Å². The molecule has 3 fully saturated rings. The topological polar surface area (TPSA) is 34.1 Å². The standard InChI is InChI=1S/C27H30O2/c1-17-5-4-6-18(13-17)14-19-15-24-22-8-7-20-16-21(28)9-11-26(20,2)23(22)10-12-27(24,3)25(19)29/h4-6,9,11,13-14,16,22-24H,7-8,10,12,15H2,1-3H3/t22-,23+,24+,26+,27+/m1/s1. The predicted octanol–water partition coefficient (Wildman–Crippen LogP) is 5.87. The molecule has 2 nitrogen and oxygen atoms in total. The van der Waals surface area contributed by atoms with Crippen molar-refractivity contribution in [3.63, 3.8) is 0 Å². The van der Waals surface area contributed by atoms with Crippen molar-refractivity contribution in [3.8, 4) is 0 Å². The molecular weight excluding hydrogens is 356 g/mol. The van der Waals surface area contributed by atoms with Gasteiger partial charge < -0.3 is 0 Å². The number of aryl methyl sites for hydroxylation is 1. The number of ketones is 2. The molecule has 5 atom stereocenters. The van der Waals surface area contributed by atoms with Crippen LogP contribution in [0, 0.1) is 35.5 Å². The lowest BCUT2D eigenvalue weighted by Gasteiger charge is -2.55. The largest absolute Gasteiger partial charge is 0.294 e. The lowest BCUT2D eigenvalue weighted by atomic mass is 9.48. The molecule has 0 unspecified atom stereocenters. The summed E-state index contributed by atoms with van der Waals surface area (Å²) in [5.74, 6) is 2.03. The maximum Gasteiger partial charge on any atom is 0.178 e. The molecule has 4 aliphatic carbocycles. The SMILES string of the molecule is Cc1cccc(C=C2C[C@H]3[C@@H]4CCC5=CC(=O)C=C[C@]5(C)[C@H]4CC[C@]3(C)C2=O)c1. The Hall–Kier alpha value is -2.22. The Labute approximate surface area is 173 Å². The molecule has 0 N–H and O–H groups in total. The first-order valence-electron chi connectivity index (χ1n) is 11.1. The minimum Gasteiger partial charge on any atom is -0.294 e. The van der Waals surface area contributed by atoms with Crippen molar-refractivity contribution >= 4 is 17.6 Å². The van der Waals surface area contributed by atoms with Gasteiger partial charge in [0, 0.05) is 10.8 Å². The van der Waals surface area contributed by atoms with Gasteiger partial charge in [0.2, 0.25) is 0 Å². The van der Waals surface area contributed by atoms with Gasteiger partial charge in [-0.05, 0) is 86.1 Å². The number of rotatable bonds is 1. The van der Waals surface area contributed by atoms with E-state index in [2.05, 4.69) is 57.2 Å². The lowest BCUT2D eigenvalue weighted by Crippen LogP contribution is -2.49. The van der Waals surface area contributed by atoms with Gasteiger partial charge >= 0.3 is 0 Å². The maximum absolute atomic E-state index is 13.5. The van der Waals surface area contributed by atoms with Crippen molar-refractivity contribution in [2.24, 2.45) is 28.6 Å². The van der Waals surface area contributed by atoms with Crippen LogP contribution in [0.15, 0.2) is 53.6 Å². The van der Waals surface area contributed by atoms with E-state index in [1.54, 1.807) is 6.08 Å². The monoisotopic (exact) mass is 386 g/mol. The number of fused-ring (bicyclic) bond motifs is 5. The highest BCUT2D eigenvalue weighted by molar-refractivity contribution is 6.06. The van der Waals surface area contributed by atoms with E-state index >= 15 is 0 Å². The van der Waals surface area contributed by atoms with E-state index in [4.69, 9.17) is 0 Å². The summed E-state index contributed by atoms with van der Waals surface area (Å²) in [6, 6.07) is 8.43. The molecule has 4 aliphatic rings. The minimum atomic E-state index is -0.220. The van der Waals surface area contributed by atoms with Crippen LogP contribution < -0.4 is 0 Å². The molecule has 5 rings (SSSR count). The zero-order valence-corrected chi connectivity index (χ0v) is 17.7. The molecule has 0 radical (unpaired) electrons. The van der Waals surface area contributed by atoms with Crippen LogP contribution in [0.4, 0.5) is 0 Å². The number of Topliss-reactive ketones (excluding diaryl/α,β-unsaturated/α-hetero) is 1. The molecular formula is C27H30O2. The first-order chi connectivity index (χ1) is 13.8. The van der Waals surface area contributed by atoms with Crippen LogP contribution in [0.3, 0.4) is 0 Å². The number of carbonyl (C=O) groups excluding carboxylic acids is 2. The second kappa shape index (κ2) is 6.39. The molecule has 3 saturated carbocycles. The summed E-state index contributed by atoms with van der Waals surface area (Å²) in [7, 11) is 0. The van der Waals surface area contributed by atoms with E-state index in [0.29, 0.717) is 23.5 Å². The van der Waals surface area contributed by atoms with Gasteiger partial charge in [-0.15, -0.1) is 0 Å². The molecule has 150 valence electrons. The average molecular weight is 387 g/mol. The number of carbonyl (C=O) groups is 2. The zero-order valence-electron chi connectivity index (χ0n) is 17.7. The van der Waals surface area contributed by atoms with E-state index in [-0.39, 0.29) is 16.6 Å². The summed E-state index contributed by atoms with van der Waals surface area (Å²) in [6.45, 7) is 6.64. The summed E-state index contributed by atoms with van der Waals surface area (Å²) < 4.78 is 0. The fourth-order valence-electron chi connectivity index (χ4n) is 6.96. The van der Waals surface area contributed by atoms with Crippen LogP contribution in [-0.2, 0) is 9.59 Å². The molecule has 0 bridgehead atoms. The average Bonchev–Trinajstić information content (AvgIpc) is 2.93. The molecule has 2 heteroatoms. The summed E-state index contributed by atoms with van der Waals surface area (Å²) in [5.41, 5.74) is 4.47. The highest BCUT2D eigenvalue weighted by atomic mass is 16.1. The maximum atomic E-state index is 13.5. The Bertz CT molecular complexity index is 994.